The van der Waals surface area contributed by atoms with Crippen LogP contribution in [0.25, 0.3) is 0 Å². The molecule has 0 radical (unpaired) electrons. The number of hydrogen-bond donors (Lipinski definition) is 4. The van der Waals surface area contributed by atoms with Crippen molar-refractivity contribution in [3.63, 3.8) is 0 Å². The minimum Gasteiger partial charge on any atom is -0.395 e. The summed E-state index contributed by atoms with van der Waals surface area (Å²) in [5, 5.41) is 30.9. The Hall–Kier alpha value is -0.690. The van der Waals surface area contributed by atoms with Crippen molar-refractivity contribution in [1.29, 1.82) is 0 Å². The van der Waals surface area contributed by atoms with Gasteiger partial charge in [0.25, 0.3) is 0 Å². The maximum absolute atomic E-state index is 11.0. The quantitative estimate of drug-likeness (QED) is 0.421. The molecule has 6 heteroatoms. The van der Waals surface area contributed by atoms with Crippen molar-refractivity contribution in [3.8, 4) is 0 Å². The van der Waals surface area contributed by atoms with Gasteiger partial charge in [0.1, 0.15) is 0 Å². The number of aliphatic hydroxyl groups excluding tert-OH is 3. The zero-order chi connectivity index (χ0) is 11.6. The van der Waals surface area contributed by atoms with E-state index in [4.69, 9.17) is 5.11 Å². The Labute approximate surface area is 88.5 Å². The summed E-state index contributed by atoms with van der Waals surface area (Å²) in [6, 6.07) is -0.920. The number of rotatable bonds is 3. The molecule has 4 unspecified atom stereocenters. The van der Waals surface area contributed by atoms with Crippen molar-refractivity contribution in [2.45, 2.75) is 31.2 Å². The largest absolute Gasteiger partial charge is 0.395 e. The van der Waals surface area contributed by atoms with E-state index in [0.717, 1.165) is 0 Å². The Kier molecular flexibility index (Phi) is 4.04. The van der Waals surface area contributed by atoms with Crippen LogP contribution in [-0.4, -0.2) is 70.6 Å². The number of nitrogens with one attached hydrogen (secondary N) is 1. The Morgan fingerprint density at radius 1 is 1.33 bits per heavy atom. The predicted octanol–water partition coefficient (Wildman–Crippen LogP) is -2.48. The van der Waals surface area contributed by atoms with Gasteiger partial charge in [-0.1, -0.05) is 0 Å². The van der Waals surface area contributed by atoms with Crippen molar-refractivity contribution in [2.24, 2.45) is 0 Å². The van der Waals surface area contributed by atoms with E-state index in [1.807, 2.05) is 0 Å². The molecule has 0 saturated carbocycles. The van der Waals surface area contributed by atoms with Crippen LogP contribution >= 0.6 is 0 Å². The molecule has 1 heterocycles. The fraction of sp³-hybridized carbons (Fsp3) is 0.889. The molecule has 88 valence electrons. The average Bonchev–Trinajstić information content (AvgIpc) is 2.45. The van der Waals surface area contributed by atoms with E-state index in [0.29, 0.717) is 6.54 Å². The van der Waals surface area contributed by atoms with Crippen molar-refractivity contribution in [3.05, 3.63) is 0 Å². The highest BCUT2D eigenvalue weighted by Gasteiger charge is 2.40. The molecule has 0 aliphatic carbocycles. The molecule has 1 saturated heterocycles. The van der Waals surface area contributed by atoms with Crippen LogP contribution in [0.3, 0.4) is 0 Å². The second kappa shape index (κ2) is 4.89. The van der Waals surface area contributed by atoms with Gasteiger partial charge in [0, 0.05) is 20.5 Å². The molecule has 0 aromatic heterocycles. The third kappa shape index (κ3) is 2.66. The van der Waals surface area contributed by atoms with Gasteiger partial charge < -0.3 is 25.5 Å². The number of nitrogens with zero attached hydrogens (tertiary/aromatic N) is 1. The van der Waals surface area contributed by atoms with Crippen LogP contribution in [0.5, 0.6) is 0 Å². The van der Waals surface area contributed by atoms with Crippen molar-refractivity contribution >= 4 is 5.91 Å². The van der Waals surface area contributed by atoms with E-state index >= 15 is 0 Å². The highest BCUT2D eigenvalue weighted by atomic mass is 16.3. The number of carbonyl (C=O) groups is 1. The average molecular weight is 218 g/mol. The highest BCUT2D eigenvalue weighted by Crippen LogP contribution is 2.14. The van der Waals surface area contributed by atoms with Gasteiger partial charge in [-0.25, -0.2) is 0 Å². The SMILES string of the molecule is CC(=O)N(C)CC1NC(CO)C(O)C1O. The summed E-state index contributed by atoms with van der Waals surface area (Å²) in [7, 11) is 1.62. The topological polar surface area (TPSA) is 93.0 Å². The molecular formula is C9H18N2O4. The molecule has 0 aromatic rings. The summed E-state index contributed by atoms with van der Waals surface area (Å²) in [5.41, 5.74) is 0. The first-order chi connectivity index (χ1) is 6.97. The predicted molar refractivity (Wildman–Crippen MR) is 53.1 cm³/mol. The summed E-state index contributed by atoms with van der Waals surface area (Å²) in [5.74, 6) is -0.106. The minimum absolute atomic E-state index is 0.106. The number of likely N-dealkylation sites (N-methyl/N-ethyl adjacent to an activating group) is 1. The van der Waals surface area contributed by atoms with E-state index in [-0.39, 0.29) is 12.5 Å². The molecule has 4 atom stereocenters. The van der Waals surface area contributed by atoms with E-state index in [1.165, 1.54) is 11.8 Å². The lowest BCUT2D eigenvalue weighted by atomic mass is 10.1. The smallest absolute Gasteiger partial charge is 0.219 e. The van der Waals surface area contributed by atoms with Crippen LogP contribution in [0.2, 0.25) is 0 Å². The number of carbonyl (C=O) groups excluding carboxylic acids is 1. The van der Waals surface area contributed by atoms with Gasteiger partial charge in [-0.15, -0.1) is 0 Å². The third-order valence-corrected chi connectivity index (χ3v) is 2.81. The number of amides is 1. The molecule has 1 aliphatic rings. The lowest BCUT2D eigenvalue weighted by Gasteiger charge is -2.22. The second-order valence-electron chi connectivity index (χ2n) is 3.94. The summed E-state index contributed by atoms with van der Waals surface area (Å²) >= 11 is 0. The van der Waals surface area contributed by atoms with Gasteiger partial charge in [0.05, 0.1) is 30.9 Å². The molecule has 1 rings (SSSR count). The molecule has 1 amide bonds. The summed E-state index contributed by atoms with van der Waals surface area (Å²) in [4.78, 5) is 12.4. The molecule has 0 spiro atoms. The van der Waals surface area contributed by atoms with E-state index < -0.39 is 24.3 Å². The van der Waals surface area contributed by atoms with Crippen molar-refractivity contribution < 1.29 is 20.1 Å². The lowest BCUT2D eigenvalue weighted by molar-refractivity contribution is -0.128. The maximum atomic E-state index is 11.0. The first-order valence-electron chi connectivity index (χ1n) is 4.92. The van der Waals surface area contributed by atoms with Crippen LogP contribution in [0.4, 0.5) is 0 Å². The molecule has 4 N–H and O–H groups in total. The summed E-state index contributed by atoms with van der Waals surface area (Å²) in [6.07, 6.45) is -1.94. The van der Waals surface area contributed by atoms with E-state index in [2.05, 4.69) is 5.32 Å². The monoisotopic (exact) mass is 218 g/mol. The molecular weight excluding hydrogens is 200 g/mol. The van der Waals surface area contributed by atoms with Crippen LogP contribution in [0, 0.1) is 0 Å². The van der Waals surface area contributed by atoms with Gasteiger partial charge in [-0.3, -0.25) is 4.79 Å². The number of aliphatic hydroxyl groups is 3. The van der Waals surface area contributed by atoms with E-state index in [9.17, 15) is 15.0 Å². The second-order valence-corrected chi connectivity index (χ2v) is 3.94. The number of hydrogen-bond acceptors (Lipinski definition) is 5. The molecule has 1 fully saturated rings. The standard InChI is InChI=1S/C9H18N2O4/c1-5(13)11(2)3-6-8(14)9(15)7(4-12)10-6/h6-10,12,14-15H,3-4H2,1-2H3. The van der Waals surface area contributed by atoms with Crippen LogP contribution in [0.15, 0.2) is 0 Å². The zero-order valence-electron chi connectivity index (χ0n) is 8.92. The zero-order valence-corrected chi connectivity index (χ0v) is 8.92. The van der Waals surface area contributed by atoms with Crippen LogP contribution < -0.4 is 5.32 Å². The fourth-order valence-corrected chi connectivity index (χ4v) is 1.69. The van der Waals surface area contributed by atoms with Gasteiger partial charge in [0.15, 0.2) is 0 Å². The first-order valence-corrected chi connectivity index (χ1v) is 4.92. The Morgan fingerprint density at radius 3 is 2.27 bits per heavy atom. The van der Waals surface area contributed by atoms with Crippen molar-refractivity contribution in [1.82, 2.24) is 10.2 Å². The fourth-order valence-electron chi connectivity index (χ4n) is 1.69. The molecule has 15 heavy (non-hydrogen) atoms. The minimum atomic E-state index is -0.986. The van der Waals surface area contributed by atoms with Gasteiger partial charge in [-0.05, 0) is 0 Å². The molecule has 6 nitrogen and oxygen atoms in total. The van der Waals surface area contributed by atoms with Gasteiger partial charge >= 0.3 is 0 Å². The van der Waals surface area contributed by atoms with Gasteiger partial charge in [0.2, 0.25) is 5.91 Å². The maximum Gasteiger partial charge on any atom is 0.219 e. The first kappa shape index (κ1) is 12.4. The molecule has 0 aromatic carbocycles. The summed E-state index contributed by atoms with van der Waals surface area (Å²) in [6.45, 7) is 1.50. The highest BCUT2D eigenvalue weighted by molar-refractivity contribution is 5.72. The Balaban J connectivity index is 2.54. The Morgan fingerprint density at radius 2 is 1.87 bits per heavy atom. The molecule has 1 aliphatic heterocycles. The third-order valence-electron chi connectivity index (χ3n) is 2.81. The van der Waals surface area contributed by atoms with E-state index in [1.54, 1.807) is 7.05 Å². The van der Waals surface area contributed by atoms with Crippen molar-refractivity contribution in [2.75, 3.05) is 20.2 Å². The van der Waals surface area contributed by atoms with Crippen LogP contribution in [-0.2, 0) is 4.79 Å². The normalized spacial score (nSPS) is 35.5. The molecule has 0 bridgehead atoms. The van der Waals surface area contributed by atoms with Gasteiger partial charge in [-0.2, -0.15) is 0 Å². The summed E-state index contributed by atoms with van der Waals surface area (Å²) < 4.78 is 0. The van der Waals surface area contributed by atoms with Crippen LogP contribution in [0.1, 0.15) is 6.92 Å². The lowest BCUT2D eigenvalue weighted by Crippen LogP contribution is -2.44. The Bertz CT molecular complexity index is 236.